The lowest BCUT2D eigenvalue weighted by atomic mass is 9.78. The molecule has 0 saturated carbocycles. The summed E-state index contributed by atoms with van der Waals surface area (Å²) in [6.45, 7) is 4.20. The first-order valence-corrected chi connectivity index (χ1v) is 10.4. The maximum absolute atomic E-state index is 13.0. The summed E-state index contributed by atoms with van der Waals surface area (Å²) < 4.78 is 5.10. The monoisotopic (exact) mass is 403 g/mol. The Balaban J connectivity index is 1.52. The minimum absolute atomic E-state index is 0.0112. The van der Waals surface area contributed by atoms with Crippen molar-refractivity contribution in [3.05, 3.63) is 17.7 Å². The molecule has 1 N–H and O–H groups in total. The van der Waals surface area contributed by atoms with Crippen LogP contribution in [0.15, 0.2) is 6.33 Å². The van der Waals surface area contributed by atoms with E-state index < -0.39 is 11.6 Å². The third kappa shape index (κ3) is 3.31. The first-order valence-electron chi connectivity index (χ1n) is 10.4. The van der Waals surface area contributed by atoms with Crippen LogP contribution in [0.2, 0.25) is 0 Å². The molecule has 3 aliphatic rings. The zero-order valence-electron chi connectivity index (χ0n) is 17.1. The summed E-state index contributed by atoms with van der Waals surface area (Å²) in [5.74, 6) is 0.00370. The van der Waals surface area contributed by atoms with Crippen LogP contribution in [-0.2, 0) is 31.1 Å². The maximum Gasteiger partial charge on any atom is 0.249 e. The Morgan fingerprint density at radius 1 is 1.24 bits per heavy atom. The smallest absolute Gasteiger partial charge is 0.249 e. The Labute approximate surface area is 170 Å². The van der Waals surface area contributed by atoms with Crippen molar-refractivity contribution in [3.8, 4) is 0 Å². The number of aromatic amines is 1. The third-order valence-electron chi connectivity index (χ3n) is 6.67. The van der Waals surface area contributed by atoms with Gasteiger partial charge in [-0.2, -0.15) is 0 Å². The predicted molar refractivity (Wildman–Crippen MR) is 104 cm³/mol. The lowest BCUT2D eigenvalue weighted by Gasteiger charge is -2.50. The number of nitrogens with zero attached hydrogens (tertiary/aromatic N) is 4. The molecule has 2 fully saturated rings. The molecule has 0 radical (unpaired) electrons. The number of likely N-dealkylation sites (tertiary alicyclic amines) is 2. The van der Waals surface area contributed by atoms with Gasteiger partial charge in [-0.15, -0.1) is 0 Å². The van der Waals surface area contributed by atoms with E-state index in [0.29, 0.717) is 45.4 Å². The van der Waals surface area contributed by atoms with Gasteiger partial charge in [0.25, 0.3) is 0 Å². The standard InChI is InChI=1S/C20H29N5O4/c1-14(24-8-3-4-16(24)26)19(28)23-10-6-20(7-11-23)18-15(21-13-22-18)5-9-25(20)17(27)12-29-2/h13-14H,3-12H2,1-2H3,(H,21,22). The fourth-order valence-electron chi connectivity index (χ4n) is 5.12. The van der Waals surface area contributed by atoms with E-state index in [9.17, 15) is 14.4 Å². The normalized spacial score (nSPS) is 22.1. The van der Waals surface area contributed by atoms with E-state index in [2.05, 4.69) is 9.97 Å². The van der Waals surface area contributed by atoms with Crippen LogP contribution in [0.1, 0.15) is 44.0 Å². The number of piperidine rings is 1. The van der Waals surface area contributed by atoms with Crippen molar-refractivity contribution in [2.45, 2.75) is 50.6 Å². The number of aromatic nitrogens is 2. The molecule has 0 aliphatic carbocycles. The fraction of sp³-hybridized carbons (Fsp3) is 0.700. The highest BCUT2D eigenvalue weighted by Gasteiger charge is 2.49. The Morgan fingerprint density at radius 3 is 2.66 bits per heavy atom. The molecule has 29 heavy (non-hydrogen) atoms. The topological polar surface area (TPSA) is 98.8 Å². The Morgan fingerprint density at radius 2 is 2.00 bits per heavy atom. The van der Waals surface area contributed by atoms with Crippen LogP contribution in [0.4, 0.5) is 0 Å². The van der Waals surface area contributed by atoms with Gasteiger partial charge in [0.1, 0.15) is 12.6 Å². The van der Waals surface area contributed by atoms with Crippen molar-refractivity contribution in [1.82, 2.24) is 24.7 Å². The van der Waals surface area contributed by atoms with Crippen LogP contribution in [-0.4, -0.2) is 88.3 Å². The van der Waals surface area contributed by atoms with Gasteiger partial charge in [-0.1, -0.05) is 0 Å². The summed E-state index contributed by atoms with van der Waals surface area (Å²) in [5, 5.41) is 0. The van der Waals surface area contributed by atoms with Gasteiger partial charge >= 0.3 is 0 Å². The quantitative estimate of drug-likeness (QED) is 0.778. The average Bonchev–Trinajstić information content (AvgIpc) is 3.37. The number of fused-ring (bicyclic) bond motifs is 2. The molecule has 1 atom stereocenters. The number of carbonyl (C=O) groups is 3. The van der Waals surface area contributed by atoms with E-state index >= 15 is 0 Å². The van der Waals surface area contributed by atoms with Crippen molar-refractivity contribution < 1.29 is 19.1 Å². The summed E-state index contributed by atoms with van der Waals surface area (Å²) in [5.41, 5.74) is 1.48. The second-order valence-electron chi connectivity index (χ2n) is 8.18. The van der Waals surface area contributed by atoms with E-state index in [-0.39, 0.29) is 24.3 Å². The molecule has 0 aromatic carbocycles. The molecule has 1 aromatic rings. The number of hydrogen-bond donors (Lipinski definition) is 1. The van der Waals surface area contributed by atoms with Gasteiger partial charge in [-0.25, -0.2) is 4.98 Å². The third-order valence-corrected chi connectivity index (χ3v) is 6.67. The van der Waals surface area contributed by atoms with Crippen molar-refractivity contribution in [3.63, 3.8) is 0 Å². The molecule has 1 spiro atoms. The highest BCUT2D eigenvalue weighted by molar-refractivity contribution is 5.88. The van der Waals surface area contributed by atoms with Gasteiger partial charge in [-0.05, 0) is 26.2 Å². The van der Waals surface area contributed by atoms with Crippen molar-refractivity contribution in [2.75, 3.05) is 39.9 Å². The van der Waals surface area contributed by atoms with Crippen LogP contribution in [0.3, 0.4) is 0 Å². The highest BCUT2D eigenvalue weighted by Crippen LogP contribution is 2.42. The molecule has 2 saturated heterocycles. The molecule has 9 heteroatoms. The number of rotatable bonds is 4. The summed E-state index contributed by atoms with van der Waals surface area (Å²) in [6.07, 6.45) is 5.04. The van der Waals surface area contributed by atoms with Gasteiger partial charge in [-0.3, -0.25) is 14.4 Å². The first-order chi connectivity index (χ1) is 14.0. The Kier molecular flexibility index (Phi) is 5.33. The number of ether oxygens (including phenoxy) is 1. The fourth-order valence-corrected chi connectivity index (χ4v) is 5.12. The predicted octanol–water partition coefficient (Wildman–Crippen LogP) is 0.269. The van der Waals surface area contributed by atoms with Crippen LogP contribution in [0.25, 0.3) is 0 Å². The van der Waals surface area contributed by atoms with Gasteiger partial charge in [0.2, 0.25) is 17.7 Å². The number of imidazole rings is 1. The second-order valence-corrected chi connectivity index (χ2v) is 8.18. The number of nitrogens with one attached hydrogen (secondary N) is 1. The largest absolute Gasteiger partial charge is 0.375 e. The highest BCUT2D eigenvalue weighted by atomic mass is 16.5. The summed E-state index contributed by atoms with van der Waals surface area (Å²) in [7, 11) is 1.52. The van der Waals surface area contributed by atoms with Crippen molar-refractivity contribution in [1.29, 1.82) is 0 Å². The molecule has 0 bridgehead atoms. The van der Waals surface area contributed by atoms with E-state index in [1.54, 1.807) is 11.2 Å². The lowest BCUT2D eigenvalue weighted by Crippen LogP contribution is -2.60. The van der Waals surface area contributed by atoms with Crippen LogP contribution >= 0.6 is 0 Å². The number of amides is 3. The molecular formula is C20H29N5O4. The second kappa shape index (κ2) is 7.78. The van der Waals surface area contributed by atoms with E-state index in [4.69, 9.17) is 4.74 Å². The van der Waals surface area contributed by atoms with Crippen LogP contribution in [0, 0.1) is 0 Å². The van der Waals surface area contributed by atoms with E-state index in [1.165, 1.54) is 7.11 Å². The summed E-state index contributed by atoms with van der Waals surface area (Å²) in [4.78, 5) is 51.0. The average molecular weight is 403 g/mol. The maximum atomic E-state index is 13.0. The van der Waals surface area contributed by atoms with Crippen LogP contribution in [0.5, 0.6) is 0 Å². The minimum atomic E-state index is -0.507. The lowest BCUT2D eigenvalue weighted by molar-refractivity contribution is -0.150. The molecule has 1 unspecified atom stereocenters. The first kappa shape index (κ1) is 19.9. The minimum Gasteiger partial charge on any atom is -0.375 e. The molecule has 3 amide bonds. The van der Waals surface area contributed by atoms with Crippen molar-refractivity contribution >= 4 is 17.7 Å². The van der Waals surface area contributed by atoms with Gasteiger partial charge < -0.3 is 24.4 Å². The Bertz CT molecular complexity index is 799. The Hall–Kier alpha value is -2.42. The van der Waals surface area contributed by atoms with Crippen LogP contribution < -0.4 is 0 Å². The van der Waals surface area contributed by atoms with Gasteiger partial charge in [0.05, 0.1) is 17.6 Å². The zero-order valence-corrected chi connectivity index (χ0v) is 17.1. The molecule has 1 aromatic heterocycles. The molecule has 9 nitrogen and oxygen atoms in total. The van der Waals surface area contributed by atoms with Crippen molar-refractivity contribution in [2.24, 2.45) is 0 Å². The number of H-pyrrole nitrogens is 1. The summed E-state index contributed by atoms with van der Waals surface area (Å²) in [6, 6.07) is -0.433. The molecule has 4 heterocycles. The van der Waals surface area contributed by atoms with Gasteiger partial charge in [0, 0.05) is 51.8 Å². The molecule has 4 rings (SSSR count). The SMILES string of the molecule is COCC(=O)N1CCc2[nH]cnc2C12CCN(C(=O)C(C)N1CCCC1=O)CC2. The van der Waals surface area contributed by atoms with Gasteiger partial charge in [0.15, 0.2) is 0 Å². The number of methoxy groups -OCH3 is 1. The number of hydrogen-bond acceptors (Lipinski definition) is 5. The molecular weight excluding hydrogens is 374 g/mol. The summed E-state index contributed by atoms with van der Waals surface area (Å²) >= 11 is 0. The number of carbonyl (C=O) groups excluding carboxylic acids is 3. The van der Waals surface area contributed by atoms with E-state index in [0.717, 1.165) is 24.2 Å². The van der Waals surface area contributed by atoms with E-state index in [1.807, 2.05) is 16.7 Å². The zero-order chi connectivity index (χ0) is 20.6. The molecule has 158 valence electrons. The molecule has 3 aliphatic heterocycles.